The lowest BCUT2D eigenvalue weighted by molar-refractivity contribution is 0.0428. The van der Waals surface area contributed by atoms with E-state index in [4.69, 9.17) is 4.74 Å². The Morgan fingerprint density at radius 1 is 1.10 bits per heavy atom. The molecule has 146 valence electrons. The van der Waals surface area contributed by atoms with E-state index >= 15 is 0 Å². The Kier molecular flexibility index (Phi) is 4.01. The second-order valence-electron chi connectivity index (χ2n) is 7.75. The van der Waals surface area contributed by atoms with Gasteiger partial charge >= 0.3 is 0 Å². The van der Waals surface area contributed by atoms with Crippen LogP contribution in [-0.4, -0.2) is 45.1 Å². The third kappa shape index (κ3) is 2.92. The van der Waals surface area contributed by atoms with Crippen LogP contribution in [0, 0.1) is 6.92 Å². The van der Waals surface area contributed by atoms with Crippen molar-refractivity contribution in [1.82, 2.24) is 14.7 Å². The summed E-state index contributed by atoms with van der Waals surface area (Å²) >= 11 is 0. The van der Waals surface area contributed by atoms with Crippen molar-refractivity contribution in [3.8, 4) is 11.4 Å². The van der Waals surface area contributed by atoms with E-state index in [9.17, 15) is 9.59 Å². The van der Waals surface area contributed by atoms with Gasteiger partial charge in [0.15, 0.2) is 5.78 Å². The first-order valence-electron chi connectivity index (χ1n) is 9.77. The molecule has 1 atom stereocenters. The standard InChI is InChI=1S/C23H21N3O3/c1-16-19(14-24-26(16)17-7-3-2-4-8-17)22(28)25-12-11-23(15-25)13-20(27)18-9-5-6-10-21(18)29-23/h2-10,14H,11-13,15H2,1H3. The summed E-state index contributed by atoms with van der Waals surface area (Å²) in [5.74, 6) is 0.622. The van der Waals surface area contributed by atoms with Gasteiger partial charge in [0.2, 0.25) is 0 Å². The lowest BCUT2D eigenvalue weighted by Crippen LogP contribution is -2.45. The molecule has 3 aromatic rings. The number of amides is 1. The summed E-state index contributed by atoms with van der Waals surface area (Å²) in [7, 11) is 0. The van der Waals surface area contributed by atoms with Gasteiger partial charge in [-0.05, 0) is 31.2 Å². The summed E-state index contributed by atoms with van der Waals surface area (Å²) < 4.78 is 8.01. The maximum absolute atomic E-state index is 13.2. The molecule has 6 nitrogen and oxygen atoms in total. The highest BCUT2D eigenvalue weighted by molar-refractivity contribution is 6.00. The van der Waals surface area contributed by atoms with Gasteiger partial charge in [0.05, 0.1) is 41.7 Å². The number of ether oxygens (including phenoxy) is 1. The predicted molar refractivity (Wildman–Crippen MR) is 108 cm³/mol. The van der Waals surface area contributed by atoms with Gasteiger partial charge in [0, 0.05) is 13.0 Å². The molecule has 1 amide bonds. The third-order valence-corrected chi connectivity index (χ3v) is 5.84. The van der Waals surface area contributed by atoms with E-state index in [-0.39, 0.29) is 11.7 Å². The highest BCUT2D eigenvalue weighted by atomic mass is 16.5. The molecule has 2 aliphatic rings. The number of hydrogen-bond acceptors (Lipinski definition) is 4. The van der Waals surface area contributed by atoms with E-state index in [2.05, 4.69) is 5.10 Å². The predicted octanol–water partition coefficient (Wildman–Crippen LogP) is 3.43. The van der Waals surface area contributed by atoms with E-state index in [1.165, 1.54) is 0 Å². The Morgan fingerprint density at radius 2 is 1.86 bits per heavy atom. The fraction of sp³-hybridized carbons (Fsp3) is 0.261. The quantitative estimate of drug-likeness (QED) is 0.676. The molecule has 0 bridgehead atoms. The number of carbonyl (C=O) groups excluding carboxylic acids is 2. The molecule has 2 aromatic carbocycles. The van der Waals surface area contributed by atoms with Gasteiger partial charge in [-0.3, -0.25) is 9.59 Å². The van der Waals surface area contributed by atoms with Crippen molar-refractivity contribution in [2.24, 2.45) is 0 Å². The third-order valence-electron chi connectivity index (χ3n) is 5.84. The number of likely N-dealkylation sites (tertiary alicyclic amines) is 1. The summed E-state index contributed by atoms with van der Waals surface area (Å²) in [4.78, 5) is 27.6. The molecule has 1 fully saturated rings. The van der Waals surface area contributed by atoms with Gasteiger partial charge in [-0.2, -0.15) is 5.10 Å². The SMILES string of the molecule is Cc1c(C(=O)N2CCC3(CC(=O)c4ccccc4O3)C2)cnn1-c1ccccc1. The lowest BCUT2D eigenvalue weighted by atomic mass is 9.89. The zero-order valence-corrected chi connectivity index (χ0v) is 16.2. The van der Waals surface area contributed by atoms with Gasteiger partial charge in [0.25, 0.3) is 5.91 Å². The molecule has 1 saturated heterocycles. The summed E-state index contributed by atoms with van der Waals surface area (Å²) in [6.45, 7) is 2.86. The van der Waals surface area contributed by atoms with E-state index in [0.717, 1.165) is 11.4 Å². The summed E-state index contributed by atoms with van der Waals surface area (Å²) in [6, 6.07) is 17.1. The van der Waals surface area contributed by atoms with Crippen molar-refractivity contribution in [2.45, 2.75) is 25.4 Å². The minimum Gasteiger partial charge on any atom is -0.484 e. The number of ketones is 1. The van der Waals surface area contributed by atoms with Gasteiger partial charge in [0.1, 0.15) is 11.4 Å². The Hall–Kier alpha value is -3.41. The number of Topliss-reactive ketones (excluding diaryl/α,β-unsaturated/α-hetero) is 1. The number of rotatable bonds is 2. The van der Waals surface area contributed by atoms with Crippen molar-refractivity contribution in [1.29, 1.82) is 0 Å². The molecule has 3 heterocycles. The summed E-state index contributed by atoms with van der Waals surface area (Å²) in [5.41, 5.74) is 2.29. The molecule has 1 aromatic heterocycles. The van der Waals surface area contributed by atoms with E-state index < -0.39 is 5.60 Å². The Balaban J connectivity index is 1.38. The fourth-order valence-corrected chi connectivity index (χ4v) is 4.31. The highest BCUT2D eigenvalue weighted by Crippen LogP contribution is 2.39. The number of fused-ring (bicyclic) bond motifs is 1. The normalized spacial score (nSPS) is 20.6. The van der Waals surface area contributed by atoms with Crippen LogP contribution in [-0.2, 0) is 0 Å². The maximum Gasteiger partial charge on any atom is 0.257 e. The van der Waals surface area contributed by atoms with Crippen LogP contribution in [0.1, 0.15) is 39.3 Å². The largest absolute Gasteiger partial charge is 0.484 e. The molecule has 5 rings (SSSR count). The maximum atomic E-state index is 13.2. The van der Waals surface area contributed by atoms with Gasteiger partial charge in [-0.1, -0.05) is 30.3 Å². The smallest absolute Gasteiger partial charge is 0.257 e. The van der Waals surface area contributed by atoms with E-state index in [0.29, 0.717) is 42.8 Å². The average Bonchev–Trinajstić information content (AvgIpc) is 3.32. The summed E-state index contributed by atoms with van der Waals surface area (Å²) in [5, 5.41) is 4.41. The van der Waals surface area contributed by atoms with E-state index in [1.807, 2.05) is 55.5 Å². The van der Waals surface area contributed by atoms with Gasteiger partial charge in [-0.25, -0.2) is 4.68 Å². The minimum atomic E-state index is -0.634. The van der Waals surface area contributed by atoms with Crippen LogP contribution in [0.4, 0.5) is 0 Å². The number of para-hydroxylation sites is 2. The number of hydrogen-bond donors (Lipinski definition) is 0. The van der Waals surface area contributed by atoms with Crippen LogP contribution < -0.4 is 4.74 Å². The molecule has 1 unspecified atom stereocenters. The first-order valence-corrected chi connectivity index (χ1v) is 9.77. The highest BCUT2D eigenvalue weighted by Gasteiger charge is 2.47. The van der Waals surface area contributed by atoms with Crippen molar-refractivity contribution in [2.75, 3.05) is 13.1 Å². The topological polar surface area (TPSA) is 64.4 Å². The number of benzene rings is 2. The Morgan fingerprint density at radius 3 is 2.69 bits per heavy atom. The van der Waals surface area contributed by atoms with Crippen LogP contribution in [0.3, 0.4) is 0 Å². The van der Waals surface area contributed by atoms with Crippen LogP contribution in [0.25, 0.3) is 5.69 Å². The lowest BCUT2D eigenvalue weighted by Gasteiger charge is -2.34. The minimum absolute atomic E-state index is 0.0727. The van der Waals surface area contributed by atoms with Crippen LogP contribution in [0.2, 0.25) is 0 Å². The monoisotopic (exact) mass is 387 g/mol. The molecule has 0 aliphatic carbocycles. The van der Waals surface area contributed by atoms with Gasteiger partial charge < -0.3 is 9.64 Å². The van der Waals surface area contributed by atoms with Crippen molar-refractivity contribution in [3.63, 3.8) is 0 Å². The van der Waals surface area contributed by atoms with Crippen molar-refractivity contribution >= 4 is 11.7 Å². The molecule has 2 aliphatic heterocycles. The molecule has 0 N–H and O–H groups in total. The van der Waals surface area contributed by atoms with E-state index in [1.54, 1.807) is 21.8 Å². The molecule has 6 heteroatoms. The zero-order valence-electron chi connectivity index (χ0n) is 16.2. The second-order valence-corrected chi connectivity index (χ2v) is 7.75. The fourth-order valence-electron chi connectivity index (χ4n) is 4.31. The molecule has 1 spiro atoms. The van der Waals surface area contributed by atoms with Crippen LogP contribution in [0.15, 0.2) is 60.8 Å². The Bertz CT molecular complexity index is 1110. The van der Waals surface area contributed by atoms with Crippen LogP contribution in [0.5, 0.6) is 5.75 Å². The first-order chi connectivity index (χ1) is 14.1. The number of nitrogens with zero attached hydrogens (tertiary/aromatic N) is 3. The second kappa shape index (κ2) is 6.58. The number of aromatic nitrogens is 2. The molecule has 29 heavy (non-hydrogen) atoms. The van der Waals surface area contributed by atoms with Crippen molar-refractivity contribution in [3.05, 3.63) is 77.6 Å². The average molecular weight is 387 g/mol. The molecular formula is C23H21N3O3. The van der Waals surface area contributed by atoms with Crippen LogP contribution >= 0.6 is 0 Å². The van der Waals surface area contributed by atoms with Gasteiger partial charge in [-0.15, -0.1) is 0 Å². The zero-order chi connectivity index (χ0) is 20.0. The van der Waals surface area contributed by atoms with Crippen molar-refractivity contribution < 1.29 is 14.3 Å². The molecular weight excluding hydrogens is 366 g/mol. The molecule has 0 radical (unpaired) electrons. The first kappa shape index (κ1) is 17.7. The Labute approximate surface area is 168 Å². The summed E-state index contributed by atoms with van der Waals surface area (Å²) in [6.07, 6.45) is 2.57. The number of carbonyl (C=O) groups is 2. The molecule has 0 saturated carbocycles.